The molecule has 2 heterocycles. The molecule has 0 atom stereocenters. The molecular weight excluding hydrogens is 464 g/mol. The second-order valence-corrected chi connectivity index (χ2v) is 9.94. The molecule has 0 N–H and O–H groups in total. The van der Waals surface area contributed by atoms with Crippen molar-refractivity contribution in [2.24, 2.45) is 0 Å². The Morgan fingerprint density at radius 3 is 2.14 bits per heavy atom. The maximum absolute atomic E-state index is 13.7. The first kappa shape index (κ1) is 24.0. The zero-order valence-corrected chi connectivity index (χ0v) is 20.8. The van der Waals surface area contributed by atoms with Crippen LogP contribution in [0.3, 0.4) is 0 Å². The van der Waals surface area contributed by atoms with Gasteiger partial charge < -0.3 is 4.42 Å². The van der Waals surface area contributed by atoms with Crippen molar-refractivity contribution in [3.8, 4) is 11.3 Å². The van der Waals surface area contributed by atoms with Crippen molar-refractivity contribution < 1.29 is 14.1 Å². The van der Waals surface area contributed by atoms with Gasteiger partial charge in [-0.3, -0.25) is 19.8 Å². The molecule has 37 heavy (non-hydrogen) atoms. The van der Waals surface area contributed by atoms with E-state index in [0.29, 0.717) is 22.7 Å². The summed E-state index contributed by atoms with van der Waals surface area (Å²) in [5.41, 5.74) is 4.96. The number of nitro benzene ring substituents is 1. The summed E-state index contributed by atoms with van der Waals surface area (Å²) in [6.45, 7) is 6.48. The molecule has 6 nitrogen and oxygen atoms in total. The Morgan fingerprint density at radius 2 is 1.51 bits per heavy atom. The summed E-state index contributed by atoms with van der Waals surface area (Å²) in [5, 5.41) is 10.9. The summed E-state index contributed by atoms with van der Waals surface area (Å²) in [4.78, 5) is 25.9. The van der Waals surface area contributed by atoms with Crippen molar-refractivity contribution in [3.05, 3.63) is 130 Å². The molecule has 184 valence electrons. The Labute approximate surface area is 215 Å². The normalized spacial score (nSPS) is 14.8. The Bertz CT molecular complexity index is 1520. The van der Waals surface area contributed by atoms with Gasteiger partial charge in [0.15, 0.2) is 0 Å². The van der Waals surface area contributed by atoms with E-state index in [0.717, 1.165) is 16.9 Å². The van der Waals surface area contributed by atoms with Crippen LogP contribution < -0.4 is 4.90 Å². The number of nitrogens with zero attached hydrogens (tertiary/aromatic N) is 2. The average molecular weight is 491 g/mol. The number of rotatable bonds is 5. The summed E-state index contributed by atoms with van der Waals surface area (Å²) < 4.78 is 5.97. The smallest absolute Gasteiger partial charge is 0.269 e. The summed E-state index contributed by atoms with van der Waals surface area (Å²) in [6.07, 6.45) is 3.60. The molecule has 5 rings (SSSR count). The highest BCUT2D eigenvalue weighted by Crippen LogP contribution is 2.36. The lowest BCUT2D eigenvalue weighted by atomic mass is 9.87. The fourth-order valence-corrected chi connectivity index (χ4v) is 4.29. The Morgan fingerprint density at radius 1 is 0.838 bits per heavy atom. The second-order valence-electron chi connectivity index (χ2n) is 9.94. The topological polar surface area (TPSA) is 76.6 Å². The van der Waals surface area contributed by atoms with Crippen molar-refractivity contribution in [3.63, 3.8) is 0 Å². The molecule has 1 aliphatic rings. The van der Waals surface area contributed by atoms with E-state index < -0.39 is 4.92 Å². The Hall–Kier alpha value is -4.71. The van der Waals surface area contributed by atoms with E-state index in [2.05, 4.69) is 32.9 Å². The van der Waals surface area contributed by atoms with Gasteiger partial charge in [-0.2, -0.15) is 0 Å². The molecule has 0 radical (unpaired) electrons. The SMILES string of the molecule is CC(C)(C)c1ccc(N2C(=O)/C(=C/c3ccc(-c4ccc([N+](=O)[O-])cc4)o3)C=C2c2ccccc2)cc1. The minimum atomic E-state index is -0.438. The van der Waals surface area contributed by atoms with E-state index in [4.69, 9.17) is 4.42 Å². The van der Waals surface area contributed by atoms with E-state index in [1.54, 1.807) is 35.2 Å². The zero-order valence-electron chi connectivity index (χ0n) is 20.8. The first-order chi connectivity index (χ1) is 17.7. The standard InChI is InChI=1S/C31H26N2O4/c1-31(2,3)24-11-15-25(16-12-24)32-28(21-7-5-4-6-8-21)20-23(30(32)34)19-27-17-18-29(37-27)22-9-13-26(14-10-22)33(35)36/h4-20H,1-3H3/b23-19+. The van der Waals surface area contributed by atoms with Crippen molar-refractivity contribution in [2.45, 2.75) is 26.2 Å². The van der Waals surface area contributed by atoms with Crippen LogP contribution in [0.2, 0.25) is 0 Å². The number of anilines is 1. The van der Waals surface area contributed by atoms with E-state index in [1.807, 2.05) is 48.5 Å². The largest absolute Gasteiger partial charge is 0.457 e. The second kappa shape index (κ2) is 9.39. The van der Waals surface area contributed by atoms with Crippen LogP contribution in [-0.2, 0) is 10.2 Å². The van der Waals surface area contributed by atoms with Gasteiger partial charge in [0.2, 0.25) is 0 Å². The summed E-state index contributed by atoms with van der Waals surface area (Å²) >= 11 is 0. The summed E-state index contributed by atoms with van der Waals surface area (Å²) in [6, 6.07) is 27.7. The molecule has 0 bridgehead atoms. The minimum absolute atomic E-state index is 0.0113. The number of benzene rings is 3. The molecule has 0 unspecified atom stereocenters. The van der Waals surface area contributed by atoms with Gasteiger partial charge in [0.25, 0.3) is 11.6 Å². The van der Waals surface area contributed by atoms with Crippen LogP contribution in [0.1, 0.15) is 37.7 Å². The molecule has 0 fully saturated rings. The summed E-state index contributed by atoms with van der Waals surface area (Å²) in [5.74, 6) is 0.940. The van der Waals surface area contributed by atoms with Crippen molar-refractivity contribution >= 4 is 29.1 Å². The number of carbonyl (C=O) groups is 1. The first-order valence-corrected chi connectivity index (χ1v) is 12.0. The van der Waals surface area contributed by atoms with Gasteiger partial charge in [0.05, 0.1) is 10.6 Å². The van der Waals surface area contributed by atoms with Gasteiger partial charge in [0, 0.05) is 29.0 Å². The van der Waals surface area contributed by atoms with Crippen molar-refractivity contribution in [2.75, 3.05) is 4.90 Å². The number of amides is 1. The predicted molar refractivity (Wildman–Crippen MR) is 146 cm³/mol. The van der Waals surface area contributed by atoms with Crippen LogP contribution in [0, 0.1) is 10.1 Å². The maximum Gasteiger partial charge on any atom is 0.269 e. The Balaban J connectivity index is 1.49. The Kier molecular flexibility index (Phi) is 6.09. The quantitative estimate of drug-likeness (QED) is 0.164. The van der Waals surface area contributed by atoms with E-state index in [9.17, 15) is 14.9 Å². The van der Waals surface area contributed by atoms with E-state index >= 15 is 0 Å². The highest BCUT2D eigenvalue weighted by atomic mass is 16.6. The molecule has 0 aliphatic carbocycles. The van der Waals surface area contributed by atoms with Crippen LogP contribution in [0.15, 0.2) is 107 Å². The first-order valence-electron chi connectivity index (χ1n) is 12.0. The lowest BCUT2D eigenvalue weighted by Gasteiger charge is -2.23. The van der Waals surface area contributed by atoms with Crippen molar-refractivity contribution in [1.82, 2.24) is 0 Å². The van der Waals surface area contributed by atoms with Crippen LogP contribution in [0.25, 0.3) is 23.1 Å². The molecule has 0 saturated heterocycles. The van der Waals surface area contributed by atoms with Crippen LogP contribution in [0.5, 0.6) is 0 Å². The summed E-state index contributed by atoms with van der Waals surface area (Å²) in [7, 11) is 0. The number of hydrogen-bond acceptors (Lipinski definition) is 4. The predicted octanol–water partition coefficient (Wildman–Crippen LogP) is 7.62. The lowest BCUT2D eigenvalue weighted by molar-refractivity contribution is -0.384. The molecule has 0 saturated carbocycles. The van der Waals surface area contributed by atoms with Crippen LogP contribution in [-0.4, -0.2) is 10.8 Å². The number of furan rings is 1. The van der Waals surface area contributed by atoms with Gasteiger partial charge >= 0.3 is 0 Å². The fourth-order valence-electron chi connectivity index (χ4n) is 4.29. The molecule has 6 heteroatoms. The molecule has 4 aromatic rings. The minimum Gasteiger partial charge on any atom is -0.457 e. The molecule has 1 aliphatic heterocycles. The molecular formula is C31H26N2O4. The molecule has 3 aromatic carbocycles. The van der Waals surface area contributed by atoms with Crippen LogP contribution in [0.4, 0.5) is 11.4 Å². The van der Waals surface area contributed by atoms with E-state index in [1.165, 1.54) is 17.7 Å². The van der Waals surface area contributed by atoms with Gasteiger partial charge in [-0.25, -0.2) is 0 Å². The van der Waals surface area contributed by atoms with Gasteiger partial charge in [0.1, 0.15) is 11.5 Å². The van der Waals surface area contributed by atoms with Crippen molar-refractivity contribution in [1.29, 1.82) is 0 Å². The maximum atomic E-state index is 13.7. The number of carbonyl (C=O) groups excluding carboxylic acids is 1. The van der Waals surface area contributed by atoms with Crippen LogP contribution >= 0.6 is 0 Å². The zero-order chi connectivity index (χ0) is 26.2. The van der Waals surface area contributed by atoms with Gasteiger partial charge in [-0.15, -0.1) is 0 Å². The highest BCUT2D eigenvalue weighted by molar-refractivity contribution is 6.23. The highest BCUT2D eigenvalue weighted by Gasteiger charge is 2.31. The van der Waals surface area contributed by atoms with E-state index in [-0.39, 0.29) is 17.0 Å². The molecule has 0 spiro atoms. The number of nitro groups is 1. The number of non-ortho nitro benzene ring substituents is 1. The third-order valence-electron chi connectivity index (χ3n) is 6.33. The average Bonchev–Trinajstić information content (AvgIpc) is 3.49. The van der Waals surface area contributed by atoms with Gasteiger partial charge in [-0.05, 0) is 65.1 Å². The molecule has 1 amide bonds. The van der Waals surface area contributed by atoms with Gasteiger partial charge in [-0.1, -0.05) is 63.2 Å². The molecule has 1 aromatic heterocycles. The number of hydrogen-bond donors (Lipinski definition) is 0. The lowest BCUT2D eigenvalue weighted by Crippen LogP contribution is -2.25. The third-order valence-corrected chi connectivity index (χ3v) is 6.33. The fraction of sp³-hybridized carbons (Fsp3) is 0.129. The monoisotopic (exact) mass is 490 g/mol. The third kappa shape index (κ3) is 4.86.